The average molecular weight is 170 g/mol. The molecule has 1 rings (SSSR count). The highest BCUT2D eigenvalue weighted by atomic mass is 16.5. The lowest BCUT2D eigenvalue weighted by Crippen LogP contribution is -2.17. The molecule has 2 nitrogen and oxygen atoms in total. The minimum atomic E-state index is -0.141. The number of hydrogen-bond donors (Lipinski definition) is 0. The fourth-order valence-electron chi connectivity index (χ4n) is 1.95. The Bertz CT molecular complexity index is 128. The first-order valence-corrected chi connectivity index (χ1v) is 4.93. The second-order valence-electron chi connectivity index (χ2n) is 3.52. The van der Waals surface area contributed by atoms with Gasteiger partial charge in [0.05, 0.1) is 0 Å². The molecule has 0 N–H and O–H groups in total. The van der Waals surface area contributed by atoms with Crippen molar-refractivity contribution in [1.29, 1.82) is 0 Å². The molecule has 1 aliphatic rings. The Balaban J connectivity index is 2.20. The van der Waals surface area contributed by atoms with Gasteiger partial charge in [-0.15, -0.1) is 0 Å². The second-order valence-corrected chi connectivity index (χ2v) is 3.52. The van der Waals surface area contributed by atoms with Crippen LogP contribution in [0.15, 0.2) is 0 Å². The Kier molecular flexibility index (Phi) is 4.30. The minimum Gasteiger partial charge on any atom is -0.371 e. The molecule has 0 amide bonds. The van der Waals surface area contributed by atoms with E-state index in [2.05, 4.69) is 0 Å². The van der Waals surface area contributed by atoms with Crippen LogP contribution in [0.4, 0.5) is 0 Å². The van der Waals surface area contributed by atoms with Crippen LogP contribution in [-0.2, 0) is 9.53 Å². The summed E-state index contributed by atoms with van der Waals surface area (Å²) in [6.07, 6.45) is 7.00. The van der Waals surface area contributed by atoms with Crippen molar-refractivity contribution in [3.63, 3.8) is 0 Å². The Labute approximate surface area is 74.3 Å². The van der Waals surface area contributed by atoms with Gasteiger partial charge in [-0.1, -0.05) is 25.7 Å². The van der Waals surface area contributed by atoms with Crippen molar-refractivity contribution in [2.24, 2.45) is 5.92 Å². The zero-order chi connectivity index (χ0) is 8.81. The molecule has 1 atom stereocenters. The molecule has 0 aliphatic heterocycles. The monoisotopic (exact) mass is 170 g/mol. The minimum absolute atomic E-state index is 0.141. The predicted molar refractivity (Wildman–Crippen MR) is 48.1 cm³/mol. The topological polar surface area (TPSA) is 26.3 Å². The molecule has 0 saturated heterocycles. The van der Waals surface area contributed by atoms with Crippen molar-refractivity contribution < 1.29 is 9.53 Å². The maximum Gasteiger partial charge on any atom is 0.148 e. The standard InChI is InChI=1S/C10H18O2/c1-2-12-10(8-11)7-9-5-3-4-6-9/h8-10H,2-7H2,1H3. The van der Waals surface area contributed by atoms with E-state index in [0.717, 1.165) is 18.6 Å². The Hall–Kier alpha value is -0.370. The van der Waals surface area contributed by atoms with Crippen molar-refractivity contribution in [2.75, 3.05) is 6.61 Å². The summed E-state index contributed by atoms with van der Waals surface area (Å²) in [4.78, 5) is 10.6. The zero-order valence-corrected chi connectivity index (χ0v) is 7.79. The van der Waals surface area contributed by atoms with E-state index < -0.39 is 0 Å². The first-order valence-electron chi connectivity index (χ1n) is 4.93. The molecule has 1 saturated carbocycles. The quantitative estimate of drug-likeness (QED) is 0.591. The second kappa shape index (κ2) is 5.31. The van der Waals surface area contributed by atoms with E-state index in [1.807, 2.05) is 6.92 Å². The van der Waals surface area contributed by atoms with E-state index in [9.17, 15) is 4.79 Å². The predicted octanol–water partition coefficient (Wildman–Crippen LogP) is 2.17. The van der Waals surface area contributed by atoms with Gasteiger partial charge in [-0.25, -0.2) is 0 Å². The van der Waals surface area contributed by atoms with Gasteiger partial charge in [0.25, 0.3) is 0 Å². The molecule has 0 aromatic rings. The lowest BCUT2D eigenvalue weighted by atomic mass is 10.0. The van der Waals surface area contributed by atoms with E-state index in [4.69, 9.17) is 4.74 Å². The van der Waals surface area contributed by atoms with Crippen LogP contribution in [0.5, 0.6) is 0 Å². The Morgan fingerprint density at radius 1 is 1.50 bits per heavy atom. The van der Waals surface area contributed by atoms with Gasteiger partial charge in [0, 0.05) is 6.61 Å². The molecule has 0 aromatic carbocycles. The van der Waals surface area contributed by atoms with E-state index in [1.165, 1.54) is 25.7 Å². The highest BCUT2D eigenvalue weighted by Gasteiger charge is 2.19. The van der Waals surface area contributed by atoms with Gasteiger partial charge >= 0.3 is 0 Å². The van der Waals surface area contributed by atoms with Gasteiger partial charge in [0.1, 0.15) is 12.4 Å². The maximum absolute atomic E-state index is 10.6. The summed E-state index contributed by atoms with van der Waals surface area (Å²) in [6, 6.07) is 0. The molecule has 0 radical (unpaired) electrons. The van der Waals surface area contributed by atoms with Gasteiger partial charge < -0.3 is 9.53 Å². The molecule has 1 aliphatic carbocycles. The van der Waals surface area contributed by atoms with Gasteiger partial charge in [-0.2, -0.15) is 0 Å². The molecule has 1 fully saturated rings. The summed E-state index contributed by atoms with van der Waals surface area (Å²) in [5.74, 6) is 0.742. The lowest BCUT2D eigenvalue weighted by molar-refractivity contribution is -0.118. The van der Waals surface area contributed by atoms with Crippen LogP contribution in [0.25, 0.3) is 0 Å². The Morgan fingerprint density at radius 3 is 2.67 bits per heavy atom. The first kappa shape index (κ1) is 9.72. The number of rotatable bonds is 5. The van der Waals surface area contributed by atoms with E-state index in [1.54, 1.807) is 0 Å². The summed E-state index contributed by atoms with van der Waals surface area (Å²) in [5.41, 5.74) is 0. The molecule has 0 aromatic heterocycles. The van der Waals surface area contributed by atoms with Crippen molar-refractivity contribution in [3.05, 3.63) is 0 Å². The third-order valence-electron chi connectivity index (χ3n) is 2.57. The van der Waals surface area contributed by atoms with Crippen LogP contribution >= 0.6 is 0 Å². The van der Waals surface area contributed by atoms with Gasteiger partial charge in [-0.05, 0) is 19.3 Å². The highest BCUT2D eigenvalue weighted by molar-refractivity contribution is 5.55. The maximum atomic E-state index is 10.6. The number of carbonyl (C=O) groups excluding carboxylic acids is 1. The molecule has 0 bridgehead atoms. The van der Waals surface area contributed by atoms with Crippen LogP contribution in [0.2, 0.25) is 0 Å². The summed E-state index contributed by atoms with van der Waals surface area (Å²) in [5, 5.41) is 0. The molecular weight excluding hydrogens is 152 g/mol. The van der Waals surface area contributed by atoms with Crippen LogP contribution in [0.1, 0.15) is 39.0 Å². The molecule has 0 heterocycles. The first-order chi connectivity index (χ1) is 5.86. The van der Waals surface area contributed by atoms with Crippen LogP contribution in [-0.4, -0.2) is 19.0 Å². The number of carbonyl (C=O) groups is 1. The summed E-state index contributed by atoms with van der Waals surface area (Å²) >= 11 is 0. The number of hydrogen-bond acceptors (Lipinski definition) is 2. The lowest BCUT2D eigenvalue weighted by Gasteiger charge is -2.14. The molecular formula is C10H18O2. The third kappa shape index (κ3) is 2.94. The SMILES string of the molecule is CCOC(C=O)CC1CCCC1. The largest absolute Gasteiger partial charge is 0.371 e. The van der Waals surface area contributed by atoms with Gasteiger partial charge in [0.2, 0.25) is 0 Å². The molecule has 70 valence electrons. The van der Waals surface area contributed by atoms with Gasteiger partial charge in [-0.3, -0.25) is 0 Å². The summed E-state index contributed by atoms with van der Waals surface area (Å²) in [6.45, 7) is 2.58. The molecule has 1 unspecified atom stereocenters. The van der Waals surface area contributed by atoms with E-state index in [0.29, 0.717) is 6.61 Å². The van der Waals surface area contributed by atoms with Crippen molar-refractivity contribution in [1.82, 2.24) is 0 Å². The van der Waals surface area contributed by atoms with Crippen LogP contribution in [0.3, 0.4) is 0 Å². The van der Waals surface area contributed by atoms with Crippen molar-refractivity contribution in [3.8, 4) is 0 Å². The number of ether oxygens (including phenoxy) is 1. The summed E-state index contributed by atoms with van der Waals surface area (Å²) < 4.78 is 5.28. The smallest absolute Gasteiger partial charge is 0.148 e. The van der Waals surface area contributed by atoms with E-state index in [-0.39, 0.29) is 6.10 Å². The fraction of sp³-hybridized carbons (Fsp3) is 0.900. The summed E-state index contributed by atoms with van der Waals surface area (Å²) in [7, 11) is 0. The zero-order valence-electron chi connectivity index (χ0n) is 7.79. The van der Waals surface area contributed by atoms with E-state index >= 15 is 0 Å². The van der Waals surface area contributed by atoms with Crippen LogP contribution < -0.4 is 0 Å². The van der Waals surface area contributed by atoms with Crippen molar-refractivity contribution >= 4 is 6.29 Å². The van der Waals surface area contributed by atoms with Crippen LogP contribution in [0, 0.1) is 5.92 Å². The average Bonchev–Trinajstić information content (AvgIpc) is 2.56. The normalized spacial score (nSPS) is 21.1. The fourth-order valence-corrected chi connectivity index (χ4v) is 1.95. The third-order valence-corrected chi connectivity index (χ3v) is 2.57. The highest BCUT2D eigenvalue weighted by Crippen LogP contribution is 2.28. The van der Waals surface area contributed by atoms with Gasteiger partial charge in [0.15, 0.2) is 0 Å². The number of aldehydes is 1. The van der Waals surface area contributed by atoms with Crippen molar-refractivity contribution in [2.45, 2.75) is 45.1 Å². The molecule has 0 spiro atoms. The molecule has 2 heteroatoms. The molecule has 12 heavy (non-hydrogen) atoms. The Morgan fingerprint density at radius 2 is 2.17 bits per heavy atom.